The summed E-state index contributed by atoms with van der Waals surface area (Å²) in [5.74, 6) is -1.04. The Balaban J connectivity index is 2.32. The number of amidine groups is 1. The van der Waals surface area contributed by atoms with Crippen LogP contribution >= 0.6 is 0 Å². The summed E-state index contributed by atoms with van der Waals surface area (Å²) >= 11 is 0. The Morgan fingerprint density at radius 2 is 2.06 bits per heavy atom. The average molecular weight is 253 g/mol. The van der Waals surface area contributed by atoms with Gasteiger partial charge in [0.1, 0.15) is 5.84 Å². The molecule has 1 aromatic carbocycles. The van der Waals surface area contributed by atoms with Crippen LogP contribution in [0.15, 0.2) is 34.2 Å². The van der Waals surface area contributed by atoms with E-state index in [0.29, 0.717) is 5.56 Å². The van der Waals surface area contributed by atoms with Crippen molar-refractivity contribution in [2.75, 3.05) is 6.54 Å². The number of sulfonamides is 1. The molecule has 0 fully saturated rings. The van der Waals surface area contributed by atoms with Crippen LogP contribution in [0, 0.1) is 0 Å². The van der Waals surface area contributed by atoms with Crippen LogP contribution in [0.1, 0.15) is 12.0 Å². The van der Waals surface area contributed by atoms with Crippen molar-refractivity contribution in [2.45, 2.75) is 11.3 Å². The molecule has 0 atom stereocenters. The van der Waals surface area contributed by atoms with E-state index in [1.54, 1.807) is 18.2 Å². The zero-order valence-electron chi connectivity index (χ0n) is 8.71. The third-order valence-corrected chi connectivity index (χ3v) is 3.65. The first kappa shape index (κ1) is 11.6. The molecule has 0 unspecified atom stereocenters. The Hall–Kier alpha value is -1.89. The highest BCUT2D eigenvalue weighted by Gasteiger charge is 2.29. The van der Waals surface area contributed by atoms with Crippen LogP contribution in [0.2, 0.25) is 0 Å². The fraction of sp³-hybridized carbons (Fsp3) is 0.200. The lowest BCUT2D eigenvalue weighted by Gasteiger charge is -2.00. The zero-order chi connectivity index (χ0) is 12.5. The van der Waals surface area contributed by atoms with Crippen molar-refractivity contribution in [1.29, 1.82) is 0 Å². The normalized spacial score (nSPS) is 18.7. The monoisotopic (exact) mass is 253 g/mol. The van der Waals surface area contributed by atoms with Gasteiger partial charge >= 0.3 is 0 Å². The van der Waals surface area contributed by atoms with Gasteiger partial charge in [0.2, 0.25) is 0 Å². The summed E-state index contributed by atoms with van der Waals surface area (Å²) in [5.41, 5.74) is 0.464. The number of fused-ring (bicyclic) bond motifs is 1. The molecular formula is C10H9N2O4S-. The van der Waals surface area contributed by atoms with E-state index in [0.717, 1.165) is 0 Å². The van der Waals surface area contributed by atoms with Gasteiger partial charge in [-0.25, -0.2) is 8.42 Å². The average Bonchev–Trinajstić information content (AvgIpc) is 2.51. The summed E-state index contributed by atoms with van der Waals surface area (Å²) in [6.45, 7) is -0.0193. The molecule has 17 heavy (non-hydrogen) atoms. The Labute approximate surface area is 98.0 Å². The summed E-state index contributed by atoms with van der Waals surface area (Å²) in [6, 6.07) is 6.39. The Bertz CT molecular complexity index is 592. The number of carbonyl (C=O) groups is 1. The predicted molar refractivity (Wildman–Crippen MR) is 57.8 cm³/mol. The van der Waals surface area contributed by atoms with Gasteiger partial charge in [0.15, 0.2) is 0 Å². The first-order valence-corrected chi connectivity index (χ1v) is 6.35. The third kappa shape index (κ3) is 2.28. The molecule has 2 rings (SSSR count). The number of nitrogens with one attached hydrogen (secondary N) is 1. The smallest absolute Gasteiger partial charge is 0.263 e. The molecule has 0 amide bonds. The van der Waals surface area contributed by atoms with E-state index >= 15 is 0 Å². The Kier molecular flexibility index (Phi) is 2.84. The van der Waals surface area contributed by atoms with Crippen LogP contribution in [0.5, 0.6) is 0 Å². The molecule has 1 aliphatic rings. The molecular weight excluding hydrogens is 244 g/mol. The maximum absolute atomic E-state index is 11.6. The highest BCUT2D eigenvalue weighted by atomic mass is 32.2. The van der Waals surface area contributed by atoms with E-state index in [2.05, 4.69) is 9.71 Å². The molecule has 7 heteroatoms. The van der Waals surface area contributed by atoms with Crippen LogP contribution in [0.3, 0.4) is 0 Å². The quantitative estimate of drug-likeness (QED) is 0.736. The molecule has 6 nitrogen and oxygen atoms in total. The summed E-state index contributed by atoms with van der Waals surface area (Å²) in [4.78, 5) is 14.3. The van der Waals surface area contributed by atoms with Crippen molar-refractivity contribution in [3.8, 4) is 0 Å². The first-order valence-electron chi connectivity index (χ1n) is 4.87. The second-order valence-corrected chi connectivity index (χ2v) is 5.10. The van der Waals surface area contributed by atoms with E-state index in [-0.39, 0.29) is 23.7 Å². The van der Waals surface area contributed by atoms with Gasteiger partial charge in [-0.1, -0.05) is 12.1 Å². The molecule has 1 N–H and O–H groups in total. The summed E-state index contributed by atoms with van der Waals surface area (Å²) in [5, 5.41) is 10.2. The number of hydrogen-bond donors (Lipinski definition) is 1. The van der Waals surface area contributed by atoms with Crippen molar-refractivity contribution in [3.05, 3.63) is 29.8 Å². The molecule has 90 valence electrons. The maximum atomic E-state index is 11.6. The van der Waals surface area contributed by atoms with Gasteiger partial charge in [0.05, 0.1) is 4.90 Å². The fourth-order valence-corrected chi connectivity index (χ4v) is 2.76. The lowest BCUT2D eigenvalue weighted by atomic mass is 10.2. The number of aliphatic carboxylic acids is 1. The van der Waals surface area contributed by atoms with E-state index in [1.807, 2.05) is 0 Å². The van der Waals surface area contributed by atoms with Crippen molar-refractivity contribution in [1.82, 2.24) is 4.72 Å². The number of carboxylic acids is 1. The van der Waals surface area contributed by atoms with Gasteiger partial charge in [-0.05, 0) is 12.1 Å². The molecule has 0 aromatic heterocycles. The highest BCUT2D eigenvalue weighted by Crippen LogP contribution is 2.21. The van der Waals surface area contributed by atoms with Crippen molar-refractivity contribution >= 4 is 21.8 Å². The van der Waals surface area contributed by atoms with E-state index < -0.39 is 16.0 Å². The number of nitrogens with zero attached hydrogens (tertiary/aromatic N) is 1. The second kappa shape index (κ2) is 4.17. The minimum absolute atomic E-state index is 0.0193. The van der Waals surface area contributed by atoms with Gasteiger partial charge in [0.25, 0.3) is 10.0 Å². The van der Waals surface area contributed by atoms with Gasteiger partial charge in [-0.2, -0.15) is 0 Å². The van der Waals surface area contributed by atoms with Crippen molar-refractivity contribution in [3.63, 3.8) is 0 Å². The van der Waals surface area contributed by atoms with Gasteiger partial charge in [-0.3, -0.25) is 9.71 Å². The summed E-state index contributed by atoms with van der Waals surface area (Å²) in [7, 11) is -3.55. The zero-order valence-corrected chi connectivity index (χ0v) is 9.53. The molecule has 0 radical (unpaired) electrons. The van der Waals surface area contributed by atoms with Crippen LogP contribution in [0.4, 0.5) is 0 Å². The third-order valence-electron chi connectivity index (χ3n) is 2.25. The van der Waals surface area contributed by atoms with E-state index in [1.165, 1.54) is 6.07 Å². The molecule has 0 saturated heterocycles. The molecule has 1 heterocycles. The summed E-state index contributed by atoms with van der Waals surface area (Å²) < 4.78 is 25.6. The highest BCUT2D eigenvalue weighted by molar-refractivity contribution is 7.90. The SMILES string of the molecule is O=C([O-])CCN=C1NS(=O)(=O)c2ccccc21. The largest absolute Gasteiger partial charge is 0.550 e. The molecule has 0 spiro atoms. The van der Waals surface area contributed by atoms with Crippen LogP contribution in [-0.2, 0) is 14.8 Å². The van der Waals surface area contributed by atoms with Crippen LogP contribution < -0.4 is 9.83 Å². The second-order valence-electron chi connectivity index (χ2n) is 3.45. The van der Waals surface area contributed by atoms with Crippen LogP contribution in [0.25, 0.3) is 0 Å². The summed E-state index contributed by atoms with van der Waals surface area (Å²) in [6.07, 6.45) is -0.243. The standard InChI is InChI=1S/C10H10N2O4S/c13-9(14)5-6-11-10-7-3-1-2-4-8(7)17(15,16)12-10/h1-4H,5-6H2,(H,11,12)(H,13,14)/p-1. The van der Waals surface area contributed by atoms with Gasteiger partial charge in [0, 0.05) is 24.5 Å². The number of carbonyl (C=O) groups excluding carboxylic acids is 1. The topological polar surface area (TPSA) is 98.7 Å². The Morgan fingerprint density at radius 3 is 2.76 bits per heavy atom. The predicted octanol–water partition coefficient (Wildman–Crippen LogP) is -1.13. The number of aliphatic imine (C=N–C) groups is 1. The number of carboxylic acid groups (broad SMARTS) is 1. The molecule has 1 aromatic rings. The van der Waals surface area contributed by atoms with Gasteiger partial charge < -0.3 is 9.90 Å². The molecule has 1 aliphatic heterocycles. The van der Waals surface area contributed by atoms with E-state index in [9.17, 15) is 18.3 Å². The van der Waals surface area contributed by atoms with Crippen molar-refractivity contribution in [2.24, 2.45) is 4.99 Å². The van der Waals surface area contributed by atoms with E-state index in [4.69, 9.17) is 0 Å². The molecule has 0 aliphatic carbocycles. The molecule has 0 saturated carbocycles. The number of benzene rings is 1. The van der Waals surface area contributed by atoms with Gasteiger partial charge in [-0.15, -0.1) is 0 Å². The Morgan fingerprint density at radius 1 is 1.35 bits per heavy atom. The minimum atomic E-state index is -3.55. The van der Waals surface area contributed by atoms with Crippen LogP contribution in [-0.4, -0.2) is 26.8 Å². The minimum Gasteiger partial charge on any atom is -0.550 e. The molecule has 0 bridgehead atoms. The maximum Gasteiger partial charge on any atom is 0.263 e. The number of rotatable bonds is 3. The number of hydrogen-bond acceptors (Lipinski definition) is 5. The lowest BCUT2D eigenvalue weighted by Crippen LogP contribution is -2.25. The lowest BCUT2D eigenvalue weighted by molar-refractivity contribution is -0.305. The van der Waals surface area contributed by atoms with Crippen molar-refractivity contribution < 1.29 is 18.3 Å². The first-order chi connectivity index (χ1) is 8.00. The fourth-order valence-electron chi connectivity index (χ4n) is 1.51.